The zero-order chi connectivity index (χ0) is 22.5. The van der Waals surface area contributed by atoms with Gasteiger partial charge in [-0.2, -0.15) is 0 Å². The van der Waals surface area contributed by atoms with Crippen molar-refractivity contribution >= 4 is 11.8 Å². The molecule has 5 nitrogen and oxygen atoms in total. The highest BCUT2D eigenvalue weighted by molar-refractivity contribution is 5.68. The van der Waals surface area contributed by atoms with Crippen LogP contribution in [0, 0.1) is 0 Å². The summed E-state index contributed by atoms with van der Waals surface area (Å²) in [5.41, 5.74) is 3.56. The van der Waals surface area contributed by atoms with Gasteiger partial charge in [0.05, 0.1) is 6.04 Å². The number of nitrogens with zero attached hydrogens (tertiary/aromatic N) is 3. The summed E-state index contributed by atoms with van der Waals surface area (Å²) in [6.07, 6.45) is 8.56. The van der Waals surface area contributed by atoms with Gasteiger partial charge in [-0.15, -0.1) is 0 Å². The highest BCUT2D eigenvalue weighted by atomic mass is 16.6. The molecular weight excluding hydrogens is 410 g/mol. The third-order valence-electron chi connectivity index (χ3n) is 7.72. The number of likely N-dealkylation sites (tertiary alicyclic amines) is 1. The summed E-state index contributed by atoms with van der Waals surface area (Å²) in [5, 5.41) is 0. The summed E-state index contributed by atoms with van der Waals surface area (Å²) in [6.45, 7) is 5.60. The summed E-state index contributed by atoms with van der Waals surface area (Å²) < 4.78 is 5.70. The first-order valence-electron chi connectivity index (χ1n) is 12.8. The Labute approximate surface area is 198 Å². The summed E-state index contributed by atoms with van der Waals surface area (Å²) in [6, 6.07) is 19.7. The number of anilines is 1. The molecule has 0 bridgehead atoms. The number of rotatable bonds is 5. The third-order valence-corrected chi connectivity index (χ3v) is 7.72. The Hall–Kier alpha value is -2.53. The Balaban J connectivity index is 1.23. The smallest absolute Gasteiger partial charge is 0.410 e. The van der Waals surface area contributed by atoms with E-state index in [1.54, 1.807) is 0 Å². The van der Waals surface area contributed by atoms with Gasteiger partial charge < -0.3 is 14.5 Å². The molecule has 2 aromatic rings. The van der Waals surface area contributed by atoms with Crippen LogP contribution in [0.3, 0.4) is 0 Å². The molecule has 176 valence electrons. The molecule has 2 aromatic carbocycles. The van der Waals surface area contributed by atoms with Crippen LogP contribution in [0.15, 0.2) is 54.6 Å². The first kappa shape index (κ1) is 22.3. The molecule has 2 aliphatic heterocycles. The van der Waals surface area contributed by atoms with Crippen LogP contribution in [-0.2, 0) is 11.3 Å². The quantitative estimate of drug-likeness (QED) is 0.596. The first-order chi connectivity index (χ1) is 16.3. The largest absolute Gasteiger partial charge is 0.445 e. The van der Waals surface area contributed by atoms with E-state index in [4.69, 9.17) is 4.74 Å². The Morgan fingerprint density at radius 1 is 0.818 bits per heavy atom. The number of piperazine rings is 1. The number of ether oxygens (including phenoxy) is 1. The van der Waals surface area contributed by atoms with Crippen LogP contribution >= 0.6 is 0 Å². The lowest BCUT2D eigenvalue weighted by Gasteiger charge is -2.40. The fourth-order valence-corrected chi connectivity index (χ4v) is 5.84. The van der Waals surface area contributed by atoms with Crippen molar-refractivity contribution in [2.75, 3.05) is 37.6 Å². The Morgan fingerprint density at radius 2 is 1.58 bits per heavy atom. The van der Waals surface area contributed by atoms with Gasteiger partial charge in [-0.25, -0.2) is 4.79 Å². The zero-order valence-electron chi connectivity index (χ0n) is 19.7. The third kappa shape index (κ3) is 5.35. The maximum Gasteiger partial charge on any atom is 0.410 e. The zero-order valence-corrected chi connectivity index (χ0v) is 19.7. The number of carbonyl (C=O) groups is 1. The summed E-state index contributed by atoms with van der Waals surface area (Å²) in [5.74, 6) is 0. The minimum Gasteiger partial charge on any atom is -0.445 e. The SMILES string of the molecule is O=C(OCc1ccccc1)N1CCCCC1c1cccc(N2CCN(C3CCCC3)CC2)c1. The van der Waals surface area contributed by atoms with Crippen LogP contribution < -0.4 is 4.90 Å². The molecule has 2 saturated heterocycles. The van der Waals surface area contributed by atoms with Crippen LogP contribution in [0.1, 0.15) is 62.1 Å². The van der Waals surface area contributed by atoms with E-state index in [9.17, 15) is 4.79 Å². The molecule has 5 heteroatoms. The van der Waals surface area contributed by atoms with Crippen molar-refractivity contribution in [2.24, 2.45) is 0 Å². The summed E-state index contributed by atoms with van der Waals surface area (Å²) in [4.78, 5) is 20.2. The molecule has 33 heavy (non-hydrogen) atoms. The maximum atomic E-state index is 13.0. The van der Waals surface area contributed by atoms with Gasteiger partial charge in [-0.3, -0.25) is 4.90 Å². The lowest BCUT2D eigenvalue weighted by Crippen LogP contribution is -2.49. The molecular formula is C28H37N3O2. The van der Waals surface area contributed by atoms with E-state index in [1.165, 1.54) is 36.9 Å². The van der Waals surface area contributed by atoms with Gasteiger partial charge in [0.2, 0.25) is 0 Å². The van der Waals surface area contributed by atoms with Crippen molar-refractivity contribution in [3.05, 3.63) is 65.7 Å². The highest BCUT2D eigenvalue weighted by Crippen LogP contribution is 2.34. The maximum absolute atomic E-state index is 13.0. The number of amides is 1. The fraction of sp³-hybridized carbons (Fsp3) is 0.536. The van der Waals surface area contributed by atoms with Crippen LogP contribution in [0.25, 0.3) is 0 Å². The average molecular weight is 448 g/mol. The number of hydrogen-bond acceptors (Lipinski definition) is 4. The number of carbonyl (C=O) groups excluding carboxylic acids is 1. The molecule has 0 N–H and O–H groups in total. The van der Waals surface area contributed by atoms with Crippen molar-refractivity contribution in [3.63, 3.8) is 0 Å². The van der Waals surface area contributed by atoms with E-state index in [2.05, 4.69) is 34.1 Å². The molecule has 1 amide bonds. The average Bonchev–Trinajstić information content (AvgIpc) is 3.43. The standard InChI is InChI=1S/C28H37N3O2/c32-28(33-22-23-9-2-1-3-10-23)31-16-7-6-15-27(31)24-11-8-14-26(21-24)30-19-17-29(18-20-30)25-12-4-5-13-25/h1-3,8-11,14,21,25,27H,4-7,12-13,15-20,22H2. The molecule has 3 aliphatic rings. The van der Waals surface area contributed by atoms with Crippen LogP contribution in [0.2, 0.25) is 0 Å². The summed E-state index contributed by atoms with van der Waals surface area (Å²) >= 11 is 0. The Kier molecular flexibility index (Phi) is 7.15. The Morgan fingerprint density at radius 3 is 2.36 bits per heavy atom. The van der Waals surface area contributed by atoms with Crippen molar-refractivity contribution in [2.45, 2.75) is 63.6 Å². The lowest BCUT2D eigenvalue weighted by atomic mass is 9.95. The normalized spacial score (nSPS) is 22.5. The number of piperidine rings is 1. The van der Waals surface area contributed by atoms with E-state index < -0.39 is 0 Å². The van der Waals surface area contributed by atoms with Gasteiger partial charge in [-0.1, -0.05) is 55.3 Å². The monoisotopic (exact) mass is 447 g/mol. The first-order valence-corrected chi connectivity index (χ1v) is 12.8. The van der Waals surface area contributed by atoms with E-state index in [0.29, 0.717) is 6.61 Å². The summed E-state index contributed by atoms with van der Waals surface area (Å²) in [7, 11) is 0. The minimum atomic E-state index is -0.195. The van der Waals surface area contributed by atoms with Crippen LogP contribution in [0.4, 0.5) is 10.5 Å². The second-order valence-electron chi connectivity index (χ2n) is 9.80. The van der Waals surface area contributed by atoms with Gasteiger partial charge in [-0.05, 0) is 55.4 Å². The molecule has 0 aromatic heterocycles. The van der Waals surface area contributed by atoms with E-state index in [1.807, 2.05) is 35.2 Å². The van der Waals surface area contributed by atoms with E-state index in [-0.39, 0.29) is 12.1 Å². The molecule has 0 spiro atoms. The second-order valence-corrected chi connectivity index (χ2v) is 9.80. The predicted molar refractivity (Wildman–Crippen MR) is 132 cm³/mol. The van der Waals surface area contributed by atoms with Gasteiger partial charge in [0.25, 0.3) is 0 Å². The van der Waals surface area contributed by atoms with Gasteiger partial charge in [0.15, 0.2) is 0 Å². The molecule has 2 heterocycles. The highest BCUT2D eigenvalue weighted by Gasteiger charge is 2.30. The van der Waals surface area contributed by atoms with Crippen molar-refractivity contribution in [1.82, 2.24) is 9.80 Å². The van der Waals surface area contributed by atoms with Gasteiger partial charge >= 0.3 is 6.09 Å². The van der Waals surface area contributed by atoms with E-state index in [0.717, 1.165) is 63.6 Å². The molecule has 1 saturated carbocycles. The minimum absolute atomic E-state index is 0.0988. The van der Waals surface area contributed by atoms with Crippen molar-refractivity contribution in [3.8, 4) is 0 Å². The lowest BCUT2D eigenvalue weighted by molar-refractivity contribution is 0.0679. The molecule has 0 radical (unpaired) electrons. The van der Waals surface area contributed by atoms with Crippen LogP contribution in [0.5, 0.6) is 0 Å². The van der Waals surface area contributed by atoms with Gasteiger partial charge in [0, 0.05) is 44.5 Å². The fourth-order valence-electron chi connectivity index (χ4n) is 5.84. The van der Waals surface area contributed by atoms with Crippen LogP contribution in [-0.4, -0.2) is 54.7 Å². The molecule has 1 aliphatic carbocycles. The predicted octanol–water partition coefficient (Wildman–Crippen LogP) is 5.62. The number of hydrogen-bond donors (Lipinski definition) is 0. The molecule has 1 atom stereocenters. The molecule has 3 fully saturated rings. The second kappa shape index (κ2) is 10.6. The Bertz CT molecular complexity index is 904. The van der Waals surface area contributed by atoms with Gasteiger partial charge in [0.1, 0.15) is 6.61 Å². The molecule has 5 rings (SSSR count). The van der Waals surface area contributed by atoms with E-state index >= 15 is 0 Å². The topological polar surface area (TPSA) is 36.0 Å². The number of benzene rings is 2. The van der Waals surface area contributed by atoms with Crippen molar-refractivity contribution < 1.29 is 9.53 Å². The molecule has 1 unspecified atom stereocenters. The van der Waals surface area contributed by atoms with Crippen molar-refractivity contribution in [1.29, 1.82) is 0 Å².